The van der Waals surface area contributed by atoms with E-state index in [1.165, 1.54) is 13.2 Å². The van der Waals surface area contributed by atoms with Crippen LogP contribution in [0.2, 0.25) is 0 Å². The zero-order valence-electron chi connectivity index (χ0n) is 15.3. The number of amides is 1. The van der Waals surface area contributed by atoms with Crippen LogP contribution in [0.25, 0.3) is 5.69 Å². The van der Waals surface area contributed by atoms with E-state index in [1.807, 2.05) is 36.1 Å². The maximum Gasteiger partial charge on any atom is 0.251 e. The molecular weight excluding hydrogens is 365 g/mol. The van der Waals surface area contributed by atoms with E-state index in [0.717, 1.165) is 10.8 Å². The third-order valence-corrected chi connectivity index (χ3v) is 4.89. The summed E-state index contributed by atoms with van der Waals surface area (Å²) in [6.07, 6.45) is 5.58. The van der Waals surface area contributed by atoms with Crippen LogP contribution in [-0.2, 0) is 0 Å². The molecule has 1 aromatic heterocycles. The van der Waals surface area contributed by atoms with Crippen molar-refractivity contribution in [3.63, 3.8) is 0 Å². The maximum atomic E-state index is 13.9. The van der Waals surface area contributed by atoms with Crippen molar-refractivity contribution in [2.75, 3.05) is 13.4 Å². The van der Waals surface area contributed by atoms with Crippen molar-refractivity contribution in [1.82, 2.24) is 14.9 Å². The third-order valence-electron chi connectivity index (χ3n) is 4.22. The largest absolute Gasteiger partial charge is 0.494 e. The summed E-state index contributed by atoms with van der Waals surface area (Å²) in [5.41, 5.74) is 2.13. The van der Waals surface area contributed by atoms with E-state index in [-0.39, 0.29) is 17.7 Å². The van der Waals surface area contributed by atoms with Crippen LogP contribution in [0.3, 0.4) is 0 Å². The van der Waals surface area contributed by atoms with Gasteiger partial charge in [-0.25, -0.2) is 9.37 Å². The first-order valence-electron chi connectivity index (χ1n) is 8.35. The van der Waals surface area contributed by atoms with E-state index in [1.54, 1.807) is 42.2 Å². The molecule has 1 N–H and O–H groups in total. The number of carbonyl (C=O) groups is 1. The lowest BCUT2D eigenvalue weighted by Crippen LogP contribution is -2.26. The van der Waals surface area contributed by atoms with Gasteiger partial charge in [-0.3, -0.25) is 9.36 Å². The number of thioether (sulfide) groups is 1. The number of nitrogens with one attached hydrogen (secondary N) is 1. The molecule has 1 heterocycles. The van der Waals surface area contributed by atoms with Gasteiger partial charge in [0.2, 0.25) is 0 Å². The molecule has 0 spiro atoms. The van der Waals surface area contributed by atoms with Gasteiger partial charge >= 0.3 is 0 Å². The first-order valence-corrected chi connectivity index (χ1v) is 9.58. The number of ether oxygens (including phenoxy) is 1. The fourth-order valence-corrected chi connectivity index (χ4v) is 3.26. The van der Waals surface area contributed by atoms with Gasteiger partial charge in [-0.15, -0.1) is 0 Å². The van der Waals surface area contributed by atoms with E-state index in [9.17, 15) is 9.18 Å². The number of halogens is 1. The maximum absolute atomic E-state index is 13.9. The Kier molecular flexibility index (Phi) is 5.81. The minimum Gasteiger partial charge on any atom is -0.494 e. The summed E-state index contributed by atoms with van der Waals surface area (Å²) in [6.45, 7) is 1.81. The highest BCUT2D eigenvalue weighted by atomic mass is 32.2. The van der Waals surface area contributed by atoms with E-state index in [0.29, 0.717) is 11.1 Å². The topological polar surface area (TPSA) is 56.1 Å². The Bertz CT molecular complexity index is 941. The Morgan fingerprint density at radius 1 is 1.26 bits per heavy atom. The molecular formula is C20H20FN3O2S. The number of aromatic nitrogens is 2. The van der Waals surface area contributed by atoms with Crippen molar-refractivity contribution >= 4 is 17.7 Å². The Labute approximate surface area is 161 Å². The third kappa shape index (κ3) is 4.14. The average Bonchev–Trinajstić information content (AvgIpc) is 3.16. The molecule has 3 rings (SSSR count). The van der Waals surface area contributed by atoms with Gasteiger partial charge in [-0.1, -0.05) is 17.8 Å². The smallest absolute Gasteiger partial charge is 0.251 e. The van der Waals surface area contributed by atoms with Crippen LogP contribution in [0.5, 0.6) is 5.75 Å². The normalized spacial score (nSPS) is 11.9. The van der Waals surface area contributed by atoms with Crippen molar-refractivity contribution in [1.29, 1.82) is 0 Å². The molecule has 2 aromatic carbocycles. The second-order valence-electron chi connectivity index (χ2n) is 5.92. The average molecular weight is 385 g/mol. The summed E-state index contributed by atoms with van der Waals surface area (Å²) in [5.74, 6) is -0.497. The molecule has 0 aliphatic rings. The van der Waals surface area contributed by atoms with E-state index >= 15 is 0 Å². The molecule has 1 amide bonds. The molecule has 0 fully saturated rings. The van der Waals surface area contributed by atoms with Gasteiger partial charge in [0.15, 0.2) is 16.7 Å². The lowest BCUT2D eigenvalue weighted by molar-refractivity contribution is 0.0940. The molecule has 0 aliphatic carbocycles. The van der Waals surface area contributed by atoms with Crippen molar-refractivity contribution in [2.45, 2.75) is 18.1 Å². The molecule has 5 nitrogen and oxygen atoms in total. The fourth-order valence-electron chi connectivity index (χ4n) is 2.73. The second-order valence-corrected chi connectivity index (χ2v) is 6.69. The van der Waals surface area contributed by atoms with Crippen LogP contribution in [0, 0.1) is 5.82 Å². The van der Waals surface area contributed by atoms with Crippen LogP contribution < -0.4 is 10.1 Å². The molecule has 3 aromatic rings. The molecule has 7 heteroatoms. The van der Waals surface area contributed by atoms with E-state index in [4.69, 9.17) is 4.74 Å². The predicted octanol–water partition coefficient (Wildman–Crippen LogP) is 4.23. The summed E-state index contributed by atoms with van der Waals surface area (Å²) in [7, 11) is 1.42. The van der Waals surface area contributed by atoms with Crippen molar-refractivity contribution in [3.05, 3.63) is 71.8 Å². The van der Waals surface area contributed by atoms with Crippen LogP contribution in [0.4, 0.5) is 4.39 Å². The minimum absolute atomic E-state index is 0.178. The van der Waals surface area contributed by atoms with Crippen LogP contribution in [0.15, 0.2) is 60.0 Å². The monoisotopic (exact) mass is 385 g/mol. The summed E-state index contributed by atoms with van der Waals surface area (Å²) in [5, 5.41) is 3.76. The summed E-state index contributed by atoms with van der Waals surface area (Å²) < 4.78 is 20.7. The van der Waals surface area contributed by atoms with Crippen molar-refractivity contribution < 1.29 is 13.9 Å². The first-order chi connectivity index (χ1) is 13.0. The highest BCUT2D eigenvalue weighted by Gasteiger charge is 2.14. The van der Waals surface area contributed by atoms with Crippen LogP contribution in [-0.4, -0.2) is 28.8 Å². The molecule has 0 saturated carbocycles. The van der Waals surface area contributed by atoms with Gasteiger partial charge in [-0.05, 0) is 55.1 Å². The predicted molar refractivity (Wildman–Crippen MR) is 104 cm³/mol. The molecule has 0 aliphatic heterocycles. The van der Waals surface area contributed by atoms with Gasteiger partial charge in [0.05, 0.1) is 13.2 Å². The number of benzene rings is 2. The van der Waals surface area contributed by atoms with Gasteiger partial charge < -0.3 is 10.1 Å². The molecule has 27 heavy (non-hydrogen) atoms. The lowest BCUT2D eigenvalue weighted by Gasteiger charge is -2.15. The van der Waals surface area contributed by atoms with Gasteiger partial charge in [0.1, 0.15) is 0 Å². The Morgan fingerprint density at radius 2 is 2.00 bits per heavy atom. The Balaban J connectivity index is 1.71. The molecule has 1 atom stereocenters. The number of nitrogens with zero attached hydrogens (tertiary/aromatic N) is 2. The molecule has 140 valence electrons. The summed E-state index contributed by atoms with van der Waals surface area (Å²) >= 11 is 1.55. The summed E-state index contributed by atoms with van der Waals surface area (Å²) in [4.78, 5) is 16.8. The van der Waals surface area contributed by atoms with Crippen LogP contribution >= 0.6 is 11.8 Å². The number of carbonyl (C=O) groups excluding carboxylic acids is 1. The standard InChI is InChI=1S/C20H20FN3O2S/c1-13(15-6-9-18(26-2)17(21)12-15)23-19(25)14-4-7-16(8-5-14)24-11-10-22-20(24)27-3/h4-13H,1-3H3,(H,23,25)/t13-/m0/s1. The number of hydrogen-bond acceptors (Lipinski definition) is 4. The molecule has 0 radical (unpaired) electrons. The molecule has 0 saturated heterocycles. The van der Waals surface area contributed by atoms with Crippen molar-refractivity contribution in [2.24, 2.45) is 0 Å². The van der Waals surface area contributed by atoms with Gasteiger partial charge in [0, 0.05) is 23.6 Å². The minimum atomic E-state index is -0.453. The Morgan fingerprint density at radius 3 is 2.63 bits per heavy atom. The number of methoxy groups -OCH3 is 1. The number of imidazole rings is 1. The zero-order chi connectivity index (χ0) is 19.4. The highest BCUT2D eigenvalue weighted by Crippen LogP contribution is 2.22. The number of rotatable bonds is 6. The number of hydrogen-bond donors (Lipinski definition) is 1. The highest BCUT2D eigenvalue weighted by molar-refractivity contribution is 7.98. The molecule has 0 bridgehead atoms. The first kappa shape index (κ1) is 19.0. The van der Waals surface area contributed by atoms with E-state index < -0.39 is 5.82 Å². The van der Waals surface area contributed by atoms with Gasteiger partial charge in [0.25, 0.3) is 5.91 Å². The fraction of sp³-hybridized carbons (Fsp3) is 0.200. The summed E-state index contributed by atoms with van der Waals surface area (Å²) in [6, 6.07) is 11.6. The van der Waals surface area contributed by atoms with E-state index in [2.05, 4.69) is 10.3 Å². The van der Waals surface area contributed by atoms with Crippen LogP contribution in [0.1, 0.15) is 28.9 Å². The quantitative estimate of drug-likeness (QED) is 0.645. The molecule has 0 unspecified atom stereocenters. The van der Waals surface area contributed by atoms with Crippen molar-refractivity contribution in [3.8, 4) is 11.4 Å². The Hall–Kier alpha value is -2.80. The second kappa shape index (κ2) is 8.26. The lowest BCUT2D eigenvalue weighted by atomic mass is 10.1. The van der Waals surface area contributed by atoms with Gasteiger partial charge in [-0.2, -0.15) is 0 Å². The zero-order valence-corrected chi connectivity index (χ0v) is 16.1. The SMILES string of the molecule is COc1ccc([C@H](C)NC(=O)c2ccc(-n3ccnc3SC)cc2)cc1F.